The largest absolute Gasteiger partial charge is 0.314 e. The first-order valence-corrected chi connectivity index (χ1v) is 7.74. The molecular weight excluding hydrogens is 218 g/mol. The van der Waals surface area contributed by atoms with Crippen molar-refractivity contribution in [2.75, 3.05) is 6.54 Å². The fraction of sp³-hybridized carbons (Fsp3) is 0.882. The molecule has 1 rings (SSSR count). The van der Waals surface area contributed by atoms with Gasteiger partial charge in [0.15, 0.2) is 0 Å². The first-order valence-electron chi connectivity index (χ1n) is 7.74. The molecule has 1 aliphatic carbocycles. The van der Waals surface area contributed by atoms with Crippen molar-refractivity contribution in [1.82, 2.24) is 5.32 Å². The summed E-state index contributed by atoms with van der Waals surface area (Å²) in [6.07, 6.45) is 6.52. The molecule has 1 fully saturated rings. The molecule has 0 aromatic rings. The smallest absolute Gasteiger partial charge is 0.00104 e. The average Bonchev–Trinajstić information content (AvgIpc) is 2.26. The molecule has 18 heavy (non-hydrogen) atoms. The maximum atomic E-state index is 4.22. The van der Waals surface area contributed by atoms with E-state index in [4.69, 9.17) is 0 Å². The van der Waals surface area contributed by atoms with Gasteiger partial charge in [0.1, 0.15) is 0 Å². The third-order valence-corrected chi connectivity index (χ3v) is 4.51. The van der Waals surface area contributed by atoms with Crippen LogP contribution in [0.15, 0.2) is 12.2 Å². The zero-order valence-electron chi connectivity index (χ0n) is 13.2. The van der Waals surface area contributed by atoms with Crippen molar-refractivity contribution in [3.63, 3.8) is 0 Å². The van der Waals surface area contributed by atoms with Gasteiger partial charge in [-0.3, -0.25) is 0 Å². The number of hydrogen-bond donors (Lipinski definition) is 1. The summed E-state index contributed by atoms with van der Waals surface area (Å²) in [4.78, 5) is 0. The zero-order valence-corrected chi connectivity index (χ0v) is 13.2. The number of hydrogen-bond acceptors (Lipinski definition) is 1. The standard InChI is InChI=1S/C17H33N/c1-7-14(4)10-16-11-17(5,6)9-8-15(16)12-18-13(2)3/h13,15-16,18H,4,7-12H2,1-3,5-6H3. The molecule has 2 atom stereocenters. The van der Waals surface area contributed by atoms with E-state index in [-0.39, 0.29) is 0 Å². The lowest BCUT2D eigenvalue weighted by molar-refractivity contribution is 0.114. The molecule has 0 aromatic heterocycles. The van der Waals surface area contributed by atoms with Crippen LogP contribution in [-0.2, 0) is 0 Å². The van der Waals surface area contributed by atoms with Crippen molar-refractivity contribution in [2.45, 2.75) is 72.8 Å². The van der Waals surface area contributed by atoms with E-state index in [1.54, 1.807) is 0 Å². The molecule has 1 saturated carbocycles. The van der Waals surface area contributed by atoms with Gasteiger partial charge in [-0.25, -0.2) is 0 Å². The maximum Gasteiger partial charge on any atom is 0.00104 e. The lowest BCUT2D eigenvalue weighted by Gasteiger charge is -2.41. The topological polar surface area (TPSA) is 12.0 Å². The van der Waals surface area contributed by atoms with E-state index in [2.05, 4.69) is 46.5 Å². The fourth-order valence-electron chi connectivity index (χ4n) is 3.20. The number of nitrogens with one attached hydrogen (secondary N) is 1. The molecule has 0 bridgehead atoms. The zero-order chi connectivity index (χ0) is 13.8. The minimum Gasteiger partial charge on any atom is -0.314 e. The van der Waals surface area contributed by atoms with Crippen LogP contribution in [0, 0.1) is 17.3 Å². The Balaban J connectivity index is 2.59. The molecule has 1 N–H and O–H groups in total. The molecular formula is C17H33N. The predicted molar refractivity (Wildman–Crippen MR) is 81.8 cm³/mol. The van der Waals surface area contributed by atoms with E-state index in [1.807, 2.05) is 0 Å². The van der Waals surface area contributed by atoms with Gasteiger partial charge in [0.25, 0.3) is 0 Å². The quantitative estimate of drug-likeness (QED) is 0.670. The lowest BCUT2D eigenvalue weighted by Crippen LogP contribution is -2.38. The highest BCUT2D eigenvalue weighted by atomic mass is 14.9. The fourth-order valence-corrected chi connectivity index (χ4v) is 3.20. The van der Waals surface area contributed by atoms with E-state index >= 15 is 0 Å². The van der Waals surface area contributed by atoms with Gasteiger partial charge in [0.05, 0.1) is 0 Å². The van der Waals surface area contributed by atoms with E-state index < -0.39 is 0 Å². The first kappa shape index (κ1) is 15.8. The van der Waals surface area contributed by atoms with Crippen LogP contribution in [0.1, 0.15) is 66.7 Å². The highest BCUT2D eigenvalue weighted by Crippen LogP contribution is 2.44. The summed E-state index contributed by atoms with van der Waals surface area (Å²) in [6, 6.07) is 0.606. The lowest BCUT2D eigenvalue weighted by atomic mass is 9.65. The highest BCUT2D eigenvalue weighted by molar-refractivity contribution is 4.98. The van der Waals surface area contributed by atoms with Crippen LogP contribution in [0.3, 0.4) is 0 Å². The van der Waals surface area contributed by atoms with Gasteiger partial charge in [0, 0.05) is 6.04 Å². The maximum absolute atomic E-state index is 4.22. The van der Waals surface area contributed by atoms with Crippen molar-refractivity contribution in [1.29, 1.82) is 0 Å². The molecule has 1 nitrogen and oxygen atoms in total. The second-order valence-electron chi connectivity index (χ2n) is 7.30. The third-order valence-electron chi connectivity index (χ3n) is 4.51. The Morgan fingerprint density at radius 2 is 2.00 bits per heavy atom. The molecule has 0 saturated heterocycles. The van der Waals surface area contributed by atoms with E-state index in [9.17, 15) is 0 Å². The normalized spacial score (nSPS) is 27.4. The molecule has 1 aliphatic rings. The van der Waals surface area contributed by atoms with Gasteiger partial charge < -0.3 is 5.32 Å². The summed E-state index contributed by atoms with van der Waals surface area (Å²) < 4.78 is 0. The van der Waals surface area contributed by atoms with Crippen molar-refractivity contribution in [3.05, 3.63) is 12.2 Å². The summed E-state index contributed by atoms with van der Waals surface area (Å²) in [6.45, 7) is 17.0. The van der Waals surface area contributed by atoms with Crippen LogP contribution in [0.5, 0.6) is 0 Å². The van der Waals surface area contributed by atoms with Gasteiger partial charge in [-0.15, -0.1) is 0 Å². The van der Waals surface area contributed by atoms with Crippen molar-refractivity contribution in [3.8, 4) is 0 Å². The molecule has 0 radical (unpaired) electrons. The van der Waals surface area contributed by atoms with Crippen molar-refractivity contribution < 1.29 is 0 Å². The van der Waals surface area contributed by atoms with Gasteiger partial charge in [-0.1, -0.05) is 46.8 Å². The van der Waals surface area contributed by atoms with Crippen LogP contribution in [-0.4, -0.2) is 12.6 Å². The second kappa shape index (κ2) is 6.75. The molecule has 2 unspecified atom stereocenters. The Hall–Kier alpha value is -0.300. The molecule has 0 spiro atoms. The summed E-state index contributed by atoms with van der Waals surface area (Å²) in [7, 11) is 0. The first-order chi connectivity index (χ1) is 8.34. The Kier molecular flexibility index (Phi) is 5.91. The van der Waals surface area contributed by atoms with Crippen LogP contribution in [0.2, 0.25) is 0 Å². The highest BCUT2D eigenvalue weighted by Gasteiger charge is 2.34. The van der Waals surface area contributed by atoms with Crippen LogP contribution in [0.4, 0.5) is 0 Å². The molecule has 0 heterocycles. The average molecular weight is 251 g/mol. The van der Waals surface area contributed by atoms with E-state index in [0.717, 1.165) is 18.3 Å². The number of rotatable bonds is 6. The summed E-state index contributed by atoms with van der Waals surface area (Å²) in [5, 5.41) is 3.63. The molecule has 1 heteroatoms. The van der Waals surface area contributed by atoms with Crippen LogP contribution >= 0.6 is 0 Å². The Bertz CT molecular complexity index is 263. The van der Waals surface area contributed by atoms with Gasteiger partial charge in [-0.2, -0.15) is 0 Å². The Morgan fingerprint density at radius 3 is 2.56 bits per heavy atom. The van der Waals surface area contributed by atoms with Crippen molar-refractivity contribution in [2.24, 2.45) is 17.3 Å². The second-order valence-corrected chi connectivity index (χ2v) is 7.30. The monoisotopic (exact) mass is 251 g/mol. The summed E-state index contributed by atoms with van der Waals surface area (Å²) >= 11 is 0. The predicted octanol–water partition coefficient (Wildman–Crippen LogP) is 4.78. The Morgan fingerprint density at radius 1 is 1.33 bits per heavy atom. The third kappa shape index (κ3) is 5.14. The van der Waals surface area contributed by atoms with Crippen LogP contribution < -0.4 is 5.32 Å². The molecule has 0 aliphatic heterocycles. The van der Waals surface area contributed by atoms with Gasteiger partial charge >= 0.3 is 0 Å². The van der Waals surface area contributed by atoms with Gasteiger partial charge in [-0.05, 0) is 55.9 Å². The van der Waals surface area contributed by atoms with Crippen molar-refractivity contribution >= 4 is 0 Å². The van der Waals surface area contributed by atoms with Crippen LogP contribution in [0.25, 0.3) is 0 Å². The van der Waals surface area contributed by atoms with E-state index in [0.29, 0.717) is 11.5 Å². The molecule has 0 amide bonds. The summed E-state index contributed by atoms with van der Waals surface area (Å²) in [5.41, 5.74) is 1.97. The van der Waals surface area contributed by atoms with E-state index in [1.165, 1.54) is 37.8 Å². The minimum absolute atomic E-state index is 0.535. The summed E-state index contributed by atoms with van der Waals surface area (Å²) in [5.74, 6) is 1.69. The SMILES string of the molecule is C=C(CC)CC1CC(C)(C)CCC1CNC(C)C. The molecule has 0 aromatic carbocycles. The van der Waals surface area contributed by atoms with Gasteiger partial charge in [0.2, 0.25) is 0 Å². The Labute approximate surface area is 114 Å². The number of allylic oxidation sites excluding steroid dienone is 1. The molecule has 106 valence electrons. The minimum atomic E-state index is 0.535.